The molecule has 3 nitrogen and oxygen atoms in total. The molecule has 0 aliphatic carbocycles. The number of aliphatic hydroxyl groups excluding tert-OH is 1. The summed E-state index contributed by atoms with van der Waals surface area (Å²) in [6.45, 7) is 4.46. The Hall–Kier alpha value is -1.06. The summed E-state index contributed by atoms with van der Waals surface area (Å²) in [7, 11) is 2.15. The van der Waals surface area contributed by atoms with Crippen molar-refractivity contribution in [3.63, 3.8) is 0 Å². The van der Waals surface area contributed by atoms with Crippen molar-refractivity contribution in [2.45, 2.75) is 31.7 Å². The lowest BCUT2D eigenvalue weighted by Gasteiger charge is -2.33. The Kier molecular flexibility index (Phi) is 4.25. The van der Waals surface area contributed by atoms with Gasteiger partial charge in [0.25, 0.3) is 0 Å². The SMILES string of the molecule is Cc1ccc(NC2(CO)CCCN(C)CC2)cc1. The summed E-state index contributed by atoms with van der Waals surface area (Å²) in [6, 6.07) is 8.41. The predicted octanol–water partition coefficient (Wildman–Crippen LogP) is 2.25. The topological polar surface area (TPSA) is 35.5 Å². The Bertz CT molecular complexity index is 377. The first-order valence-corrected chi connectivity index (χ1v) is 6.78. The van der Waals surface area contributed by atoms with Crippen molar-refractivity contribution in [3.8, 4) is 0 Å². The minimum Gasteiger partial charge on any atom is -0.394 e. The Morgan fingerprint density at radius 2 is 1.94 bits per heavy atom. The lowest BCUT2D eigenvalue weighted by atomic mass is 9.91. The largest absolute Gasteiger partial charge is 0.394 e. The summed E-state index contributed by atoms with van der Waals surface area (Å²) in [6.07, 6.45) is 3.16. The highest BCUT2D eigenvalue weighted by molar-refractivity contribution is 5.47. The molecule has 3 heteroatoms. The molecule has 1 fully saturated rings. The minimum absolute atomic E-state index is 0.153. The fourth-order valence-electron chi connectivity index (χ4n) is 2.59. The molecule has 0 bridgehead atoms. The van der Waals surface area contributed by atoms with E-state index in [1.54, 1.807) is 0 Å². The van der Waals surface area contributed by atoms with Gasteiger partial charge in [-0.3, -0.25) is 0 Å². The molecular formula is C15H24N2O. The molecule has 0 radical (unpaired) electrons. The van der Waals surface area contributed by atoms with Crippen LogP contribution in [0.2, 0.25) is 0 Å². The van der Waals surface area contributed by atoms with E-state index in [1.807, 2.05) is 0 Å². The molecule has 1 unspecified atom stereocenters. The summed E-state index contributed by atoms with van der Waals surface area (Å²) < 4.78 is 0. The molecule has 0 saturated carbocycles. The smallest absolute Gasteiger partial charge is 0.0662 e. The summed E-state index contributed by atoms with van der Waals surface area (Å²) >= 11 is 0. The van der Waals surface area contributed by atoms with Gasteiger partial charge in [-0.05, 0) is 51.9 Å². The average Bonchev–Trinajstić information content (AvgIpc) is 2.56. The predicted molar refractivity (Wildman–Crippen MR) is 76.0 cm³/mol. The zero-order valence-corrected chi connectivity index (χ0v) is 11.4. The number of aryl methyl sites for hydroxylation is 1. The van der Waals surface area contributed by atoms with Crippen LogP contribution in [-0.2, 0) is 0 Å². The third kappa shape index (κ3) is 3.24. The van der Waals surface area contributed by atoms with Gasteiger partial charge in [-0.25, -0.2) is 0 Å². The van der Waals surface area contributed by atoms with E-state index in [-0.39, 0.29) is 12.1 Å². The molecule has 1 aromatic carbocycles. The second-order valence-electron chi connectivity index (χ2n) is 5.59. The zero-order chi connectivity index (χ0) is 13.0. The maximum atomic E-state index is 9.79. The van der Waals surface area contributed by atoms with Crippen molar-refractivity contribution in [1.82, 2.24) is 4.90 Å². The van der Waals surface area contributed by atoms with E-state index in [2.05, 4.69) is 48.5 Å². The molecule has 2 rings (SSSR count). The summed E-state index contributed by atoms with van der Waals surface area (Å²) in [4.78, 5) is 2.34. The first-order valence-electron chi connectivity index (χ1n) is 6.78. The number of aliphatic hydroxyl groups is 1. The van der Waals surface area contributed by atoms with E-state index in [0.29, 0.717) is 0 Å². The molecule has 1 heterocycles. The van der Waals surface area contributed by atoms with Gasteiger partial charge in [-0.1, -0.05) is 17.7 Å². The number of likely N-dealkylation sites (tertiary alicyclic amines) is 1. The minimum atomic E-state index is -0.153. The van der Waals surface area contributed by atoms with Crippen molar-refractivity contribution in [1.29, 1.82) is 0 Å². The number of anilines is 1. The second kappa shape index (κ2) is 5.72. The van der Waals surface area contributed by atoms with Crippen LogP contribution in [0.25, 0.3) is 0 Å². The number of nitrogens with one attached hydrogen (secondary N) is 1. The quantitative estimate of drug-likeness (QED) is 0.861. The summed E-state index contributed by atoms with van der Waals surface area (Å²) in [5.74, 6) is 0. The van der Waals surface area contributed by atoms with Gasteiger partial charge < -0.3 is 15.3 Å². The van der Waals surface area contributed by atoms with Crippen LogP contribution in [0.5, 0.6) is 0 Å². The number of benzene rings is 1. The van der Waals surface area contributed by atoms with E-state index in [4.69, 9.17) is 0 Å². The molecule has 1 aliphatic rings. The van der Waals surface area contributed by atoms with Crippen LogP contribution in [-0.4, -0.2) is 42.3 Å². The Morgan fingerprint density at radius 1 is 1.22 bits per heavy atom. The second-order valence-corrected chi connectivity index (χ2v) is 5.59. The number of hydrogen-bond donors (Lipinski definition) is 2. The molecule has 1 saturated heterocycles. The molecule has 0 amide bonds. The fraction of sp³-hybridized carbons (Fsp3) is 0.600. The lowest BCUT2D eigenvalue weighted by Crippen LogP contribution is -2.42. The van der Waals surface area contributed by atoms with Crippen molar-refractivity contribution in [3.05, 3.63) is 29.8 Å². The third-order valence-corrected chi connectivity index (χ3v) is 3.93. The Labute approximate surface area is 110 Å². The van der Waals surface area contributed by atoms with Crippen LogP contribution < -0.4 is 5.32 Å². The van der Waals surface area contributed by atoms with Gasteiger partial charge in [-0.2, -0.15) is 0 Å². The van der Waals surface area contributed by atoms with E-state index in [9.17, 15) is 5.11 Å². The van der Waals surface area contributed by atoms with Gasteiger partial charge in [0.15, 0.2) is 0 Å². The highest BCUT2D eigenvalue weighted by Crippen LogP contribution is 2.26. The lowest BCUT2D eigenvalue weighted by molar-refractivity contribution is 0.195. The van der Waals surface area contributed by atoms with Crippen molar-refractivity contribution >= 4 is 5.69 Å². The molecule has 1 aromatic rings. The maximum Gasteiger partial charge on any atom is 0.0662 e. The molecule has 1 aliphatic heterocycles. The van der Waals surface area contributed by atoms with Gasteiger partial charge in [0.1, 0.15) is 0 Å². The first-order chi connectivity index (χ1) is 8.63. The van der Waals surface area contributed by atoms with Gasteiger partial charge in [0, 0.05) is 12.2 Å². The van der Waals surface area contributed by atoms with E-state index < -0.39 is 0 Å². The molecule has 0 spiro atoms. The van der Waals surface area contributed by atoms with Crippen LogP contribution in [0, 0.1) is 6.92 Å². The van der Waals surface area contributed by atoms with Crippen LogP contribution in [0.1, 0.15) is 24.8 Å². The van der Waals surface area contributed by atoms with Gasteiger partial charge in [-0.15, -0.1) is 0 Å². The number of hydrogen-bond acceptors (Lipinski definition) is 3. The van der Waals surface area contributed by atoms with E-state index >= 15 is 0 Å². The third-order valence-electron chi connectivity index (χ3n) is 3.93. The van der Waals surface area contributed by atoms with Crippen LogP contribution in [0.4, 0.5) is 5.69 Å². The zero-order valence-electron chi connectivity index (χ0n) is 11.4. The van der Waals surface area contributed by atoms with Crippen LogP contribution in [0.3, 0.4) is 0 Å². The van der Waals surface area contributed by atoms with Gasteiger partial charge in [0.2, 0.25) is 0 Å². The molecule has 100 valence electrons. The van der Waals surface area contributed by atoms with E-state index in [1.165, 1.54) is 5.56 Å². The number of nitrogens with zero attached hydrogens (tertiary/aromatic N) is 1. The standard InChI is InChI=1S/C15H24N2O/c1-13-4-6-14(7-5-13)16-15(12-18)8-3-10-17(2)11-9-15/h4-7,16,18H,3,8-12H2,1-2H3. The molecule has 2 N–H and O–H groups in total. The van der Waals surface area contributed by atoms with Gasteiger partial charge in [0.05, 0.1) is 12.1 Å². The summed E-state index contributed by atoms with van der Waals surface area (Å²) in [5.41, 5.74) is 2.22. The molecular weight excluding hydrogens is 224 g/mol. The molecule has 1 atom stereocenters. The van der Waals surface area contributed by atoms with Crippen LogP contribution in [0.15, 0.2) is 24.3 Å². The highest BCUT2D eigenvalue weighted by Gasteiger charge is 2.31. The average molecular weight is 248 g/mol. The van der Waals surface area contributed by atoms with Crippen molar-refractivity contribution in [2.24, 2.45) is 0 Å². The fourth-order valence-corrected chi connectivity index (χ4v) is 2.59. The Balaban J connectivity index is 2.09. The van der Waals surface area contributed by atoms with E-state index in [0.717, 1.165) is 38.0 Å². The van der Waals surface area contributed by atoms with Crippen molar-refractivity contribution in [2.75, 3.05) is 32.1 Å². The molecule has 18 heavy (non-hydrogen) atoms. The highest BCUT2D eigenvalue weighted by atomic mass is 16.3. The monoisotopic (exact) mass is 248 g/mol. The normalized spacial score (nSPS) is 25.7. The Morgan fingerprint density at radius 3 is 2.61 bits per heavy atom. The van der Waals surface area contributed by atoms with Crippen molar-refractivity contribution < 1.29 is 5.11 Å². The maximum absolute atomic E-state index is 9.79. The molecule has 0 aromatic heterocycles. The number of rotatable bonds is 3. The first kappa shape index (κ1) is 13.4. The summed E-state index contributed by atoms with van der Waals surface area (Å²) in [5, 5.41) is 13.3. The van der Waals surface area contributed by atoms with Crippen LogP contribution >= 0.6 is 0 Å². The van der Waals surface area contributed by atoms with Gasteiger partial charge >= 0.3 is 0 Å².